The first kappa shape index (κ1) is 13.7. The Balaban J connectivity index is 1.85. The van der Waals surface area contributed by atoms with Gasteiger partial charge in [-0.3, -0.25) is 4.79 Å². The molecule has 1 aliphatic heterocycles. The van der Waals surface area contributed by atoms with E-state index in [1.807, 2.05) is 12.1 Å². The van der Waals surface area contributed by atoms with E-state index in [2.05, 4.69) is 0 Å². The molecule has 20 heavy (non-hydrogen) atoms. The fourth-order valence-corrected chi connectivity index (χ4v) is 3.82. The van der Waals surface area contributed by atoms with Crippen molar-refractivity contribution in [2.45, 2.75) is 38.5 Å². The van der Waals surface area contributed by atoms with Crippen molar-refractivity contribution >= 4 is 17.6 Å². The Bertz CT molecular complexity index is 527. The molecule has 2 atom stereocenters. The van der Waals surface area contributed by atoms with Gasteiger partial charge in [0.1, 0.15) is 5.75 Å². The van der Waals surface area contributed by atoms with Gasteiger partial charge in [0.15, 0.2) is 0 Å². The van der Waals surface area contributed by atoms with Crippen LogP contribution in [-0.2, 0) is 17.6 Å². The first-order valence-electron chi connectivity index (χ1n) is 7.32. The van der Waals surface area contributed by atoms with Gasteiger partial charge >= 0.3 is 5.97 Å². The van der Waals surface area contributed by atoms with Crippen LogP contribution in [0.25, 0.3) is 0 Å². The standard InChI is InChI=1S/C16H19ClO3/c17-13-8-11-5-6-20-15(11)12(9-13)7-10-3-1-2-4-14(10)16(18)19/h8-10,14H,1-7H2,(H,18,19). The second kappa shape index (κ2) is 5.65. The fraction of sp³-hybridized carbons (Fsp3) is 0.562. The second-order valence-corrected chi connectivity index (χ2v) is 6.28. The number of rotatable bonds is 3. The maximum Gasteiger partial charge on any atom is 0.306 e. The molecule has 108 valence electrons. The molecule has 0 bridgehead atoms. The molecule has 2 aliphatic rings. The molecule has 1 aromatic carbocycles. The van der Waals surface area contributed by atoms with Crippen molar-refractivity contribution in [3.63, 3.8) is 0 Å². The van der Waals surface area contributed by atoms with E-state index >= 15 is 0 Å². The van der Waals surface area contributed by atoms with Gasteiger partial charge in [-0.2, -0.15) is 0 Å². The van der Waals surface area contributed by atoms with E-state index in [1.165, 1.54) is 0 Å². The number of halogens is 1. The molecule has 4 heteroatoms. The Labute approximate surface area is 123 Å². The molecule has 1 fully saturated rings. The van der Waals surface area contributed by atoms with Crippen LogP contribution in [0.5, 0.6) is 5.75 Å². The molecule has 0 amide bonds. The summed E-state index contributed by atoms with van der Waals surface area (Å²) in [6, 6.07) is 3.90. The molecule has 1 N–H and O–H groups in total. The van der Waals surface area contributed by atoms with Crippen LogP contribution in [0.4, 0.5) is 0 Å². The highest BCUT2D eigenvalue weighted by Gasteiger charge is 2.32. The Morgan fingerprint density at radius 3 is 2.95 bits per heavy atom. The van der Waals surface area contributed by atoms with Gasteiger partial charge in [-0.15, -0.1) is 0 Å². The molecular weight excluding hydrogens is 276 g/mol. The number of carbonyl (C=O) groups is 1. The zero-order chi connectivity index (χ0) is 14.1. The maximum absolute atomic E-state index is 11.4. The summed E-state index contributed by atoms with van der Waals surface area (Å²) in [5, 5.41) is 10.1. The summed E-state index contributed by atoms with van der Waals surface area (Å²) < 4.78 is 5.72. The number of hydrogen-bond acceptors (Lipinski definition) is 2. The number of ether oxygens (including phenoxy) is 1. The largest absolute Gasteiger partial charge is 0.493 e. The van der Waals surface area contributed by atoms with Crippen LogP contribution in [0.2, 0.25) is 5.02 Å². The van der Waals surface area contributed by atoms with Crippen LogP contribution in [0.15, 0.2) is 12.1 Å². The van der Waals surface area contributed by atoms with Gasteiger partial charge in [-0.1, -0.05) is 24.4 Å². The minimum atomic E-state index is -0.658. The number of aliphatic carboxylic acids is 1. The highest BCUT2D eigenvalue weighted by molar-refractivity contribution is 6.30. The average Bonchev–Trinajstić information content (AvgIpc) is 2.87. The smallest absolute Gasteiger partial charge is 0.306 e. The first-order valence-corrected chi connectivity index (χ1v) is 7.70. The molecule has 1 aliphatic carbocycles. The third-order valence-electron chi connectivity index (χ3n) is 4.53. The van der Waals surface area contributed by atoms with Gasteiger partial charge in [0.2, 0.25) is 0 Å². The Kier molecular flexibility index (Phi) is 3.88. The minimum Gasteiger partial charge on any atom is -0.493 e. The van der Waals surface area contributed by atoms with Crippen molar-refractivity contribution in [3.05, 3.63) is 28.3 Å². The molecule has 3 nitrogen and oxygen atoms in total. The van der Waals surface area contributed by atoms with E-state index in [4.69, 9.17) is 16.3 Å². The zero-order valence-corrected chi connectivity index (χ0v) is 12.2. The monoisotopic (exact) mass is 294 g/mol. The van der Waals surface area contributed by atoms with E-state index in [-0.39, 0.29) is 11.8 Å². The van der Waals surface area contributed by atoms with Gasteiger partial charge in [0.25, 0.3) is 0 Å². The van der Waals surface area contributed by atoms with Crippen molar-refractivity contribution in [2.24, 2.45) is 11.8 Å². The second-order valence-electron chi connectivity index (χ2n) is 5.85. The van der Waals surface area contributed by atoms with Gasteiger partial charge in [0, 0.05) is 11.4 Å². The zero-order valence-electron chi connectivity index (χ0n) is 11.4. The highest BCUT2D eigenvalue weighted by atomic mass is 35.5. The minimum absolute atomic E-state index is 0.202. The molecule has 3 rings (SSSR count). The van der Waals surface area contributed by atoms with E-state index < -0.39 is 5.97 Å². The predicted molar refractivity (Wildman–Crippen MR) is 77.4 cm³/mol. The number of fused-ring (bicyclic) bond motifs is 1. The number of hydrogen-bond donors (Lipinski definition) is 1. The lowest BCUT2D eigenvalue weighted by Crippen LogP contribution is -2.28. The van der Waals surface area contributed by atoms with Crippen molar-refractivity contribution in [2.75, 3.05) is 6.61 Å². The molecule has 1 aromatic rings. The maximum atomic E-state index is 11.4. The quantitative estimate of drug-likeness (QED) is 0.924. The summed E-state index contributed by atoms with van der Waals surface area (Å²) in [7, 11) is 0. The number of benzene rings is 1. The van der Waals surface area contributed by atoms with Crippen molar-refractivity contribution in [3.8, 4) is 5.75 Å². The van der Waals surface area contributed by atoms with Crippen LogP contribution in [0, 0.1) is 11.8 Å². The van der Waals surface area contributed by atoms with Gasteiger partial charge in [-0.05, 0) is 48.4 Å². The molecule has 1 saturated carbocycles. The molecular formula is C16H19ClO3. The van der Waals surface area contributed by atoms with Gasteiger partial charge in [0.05, 0.1) is 12.5 Å². The lowest BCUT2D eigenvalue weighted by atomic mass is 9.76. The number of carboxylic acid groups (broad SMARTS) is 1. The van der Waals surface area contributed by atoms with Crippen molar-refractivity contribution < 1.29 is 14.6 Å². The normalized spacial score (nSPS) is 25.1. The molecule has 0 saturated heterocycles. The van der Waals surface area contributed by atoms with Crippen LogP contribution >= 0.6 is 11.6 Å². The summed E-state index contributed by atoms with van der Waals surface area (Å²) in [5.74, 6) is 0.270. The summed E-state index contributed by atoms with van der Waals surface area (Å²) in [6.07, 6.45) is 5.59. The van der Waals surface area contributed by atoms with Crippen LogP contribution in [0.3, 0.4) is 0 Å². The molecule has 0 spiro atoms. The van der Waals surface area contributed by atoms with Crippen LogP contribution in [0.1, 0.15) is 36.8 Å². The van der Waals surface area contributed by atoms with Gasteiger partial charge in [-0.25, -0.2) is 0 Å². The molecule has 1 heterocycles. The lowest BCUT2D eigenvalue weighted by molar-refractivity contribution is -0.144. The Morgan fingerprint density at radius 1 is 1.35 bits per heavy atom. The Hall–Kier alpha value is -1.22. The SMILES string of the molecule is O=C(O)C1CCCCC1Cc1cc(Cl)cc2c1OCC2. The predicted octanol–water partition coefficient (Wildman–Crippen LogP) is 3.71. The fourth-order valence-electron chi connectivity index (χ4n) is 3.56. The van der Waals surface area contributed by atoms with E-state index in [1.54, 1.807) is 0 Å². The van der Waals surface area contributed by atoms with E-state index in [9.17, 15) is 9.90 Å². The first-order chi connectivity index (χ1) is 9.65. The summed E-state index contributed by atoms with van der Waals surface area (Å²) in [4.78, 5) is 11.4. The van der Waals surface area contributed by atoms with E-state index in [0.29, 0.717) is 6.61 Å². The average molecular weight is 295 g/mol. The molecule has 0 radical (unpaired) electrons. The Morgan fingerprint density at radius 2 is 2.15 bits per heavy atom. The third-order valence-corrected chi connectivity index (χ3v) is 4.75. The topological polar surface area (TPSA) is 46.5 Å². The third kappa shape index (κ3) is 2.64. The highest BCUT2D eigenvalue weighted by Crippen LogP contribution is 2.38. The molecule has 2 unspecified atom stereocenters. The number of carboxylic acids is 1. The van der Waals surface area contributed by atoms with Crippen LogP contribution < -0.4 is 4.74 Å². The summed E-state index contributed by atoms with van der Waals surface area (Å²) in [5.41, 5.74) is 2.25. The van der Waals surface area contributed by atoms with Gasteiger partial charge < -0.3 is 9.84 Å². The van der Waals surface area contributed by atoms with Crippen molar-refractivity contribution in [1.29, 1.82) is 0 Å². The summed E-state index contributed by atoms with van der Waals surface area (Å²) >= 11 is 6.17. The van der Waals surface area contributed by atoms with E-state index in [0.717, 1.165) is 60.4 Å². The summed E-state index contributed by atoms with van der Waals surface area (Å²) in [6.45, 7) is 0.704. The van der Waals surface area contributed by atoms with Crippen molar-refractivity contribution in [1.82, 2.24) is 0 Å². The van der Waals surface area contributed by atoms with Crippen LogP contribution in [-0.4, -0.2) is 17.7 Å². The lowest BCUT2D eigenvalue weighted by Gasteiger charge is -2.29. The molecule has 0 aromatic heterocycles.